The molecular formula is C13H19NO. The first-order valence-corrected chi connectivity index (χ1v) is 5.23. The Morgan fingerprint density at radius 2 is 1.87 bits per heavy atom. The van der Waals surface area contributed by atoms with E-state index in [0.717, 1.165) is 5.71 Å². The molecule has 1 aromatic rings. The van der Waals surface area contributed by atoms with Gasteiger partial charge in [-0.3, -0.25) is 4.99 Å². The second-order valence-electron chi connectivity index (χ2n) is 4.53. The van der Waals surface area contributed by atoms with Crippen LogP contribution in [-0.2, 0) is 6.54 Å². The highest BCUT2D eigenvalue weighted by Gasteiger charge is 2.13. The predicted molar refractivity (Wildman–Crippen MR) is 64.2 cm³/mol. The predicted octanol–water partition coefficient (Wildman–Crippen LogP) is 2.81. The SMILES string of the molecule is CC(CC(C)(C)O)=NCc1ccccc1. The van der Waals surface area contributed by atoms with E-state index < -0.39 is 5.60 Å². The number of nitrogens with zero attached hydrogens (tertiary/aromatic N) is 1. The lowest BCUT2D eigenvalue weighted by Crippen LogP contribution is -2.22. The molecule has 0 heterocycles. The van der Waals surface area contributed by atoms with Crippen molar-refractivity contribution in [1.82, 2.24) is 0 Å². The first kappa shape index (κ1) is 11.9. The van der Waals surface area contributed by atoms with Crippen LogP contribution in [0.2, 0.25) is 0 Å². The number of rotatable bonds is 4. The van der Waals surface area contributed by atoms with Gasteiger partial charge in [0.05, 0.1) is 12.1 Å². The Labute approximate surface area is 91.7 Å². The van der Waals surface area contributed by atoms with Gasteiger partial charge in [-0.15, -0.1) is 0 Å². The average molecular weight is 205 g/mol. The van der Waals surface area contributed by atoms with Gasteiger partial charge in [0.1, 0.15) is 0 Å². The van der Waals surface area contributed by atoms with Crippen LogP contribution in [0.1, 0.15) is 32.8 Å². The van der Waals surface area contributed by atoms with Gasteiger partial charge >= 0.3 is 0 Å². The van der Waals surface area contributed by atoms with Crippen molar-refractivity contribution in [3.63, 3.8) is 0 Å². The highest BCUT2D eigenvalue weighted by Crippen LogP contribution is 2.09. The molecule has 0 aliphatic carbocycles. The van der Waals surface area contributed by atoms with Gasteiger partial charge in [-0.25, -0.2) is 0 Å². The van der Waals surface area contributed by atoms with Gasteiger partial charge in [-0.2, -0.15) is 0 Å². The second-order valence-corrected chi connectivity index (χ2v) is 4.53. The first-order chi connectivity index (χ1) is 6.97. The summed E-state index contributed by atoms with van der Waals surface area (Å²) >= 11 is 0. The van der Waals surface area contributed by atoms with Crippen molar-refractivity contribution in [1.29, 1.82) is 0 Å². The molecule has 1 N–H and O–H groups in total. The van der Waals surface area contributed by atoms with Crippen molar-refractivity contribution in [2.24, 2.45) is 4.99 Å². The summed E-state index contributed by atoms with van der Waals surface area (Å²) in [5.74, 6) is 0. The fraction of sp³-hybridized carbons (Fsp3) is 0.462. The van der Waals surface area contributed by atoms with E-state index in [0.29, 0.717) is 13.0 Å². The van der Waals surface area contributed by atoms with E-state index in [1.165, 1.54) is 5.56 Å². The van der Waals surface area contributed by atoms with Gasteiger partial charge in [0, 0.05) is 12.1 Å². The van der Waals surface area contributed by atoms with E-state index in [4.69, 9.17) is 0 Å². The summed E-state index contributed by atoms with van der Waals surface area (Å²) in [5.41, 5.74) is 1.53. The number of aliphatic imine (C=N–C) groups is 1. The molecule has 0 saturated carbocycles. The molecule has 0 unspecified atom stereocenters. The number of hydrogen-bond donors (Lipinski definition) is 1. The number of benzene rings is 1. The summed E-state index contributed by atoms with van der Waals surface area (Å²) in [5, 5.41) is 9.60. The summed E-state index contributed by atoms with van der Waals surface area (Å²) in [4.78, 5) is 4.44. The van der Waals surface area contributed by atoms with Crippen LogP contribution in [0.15, 0.2) is 35.3 Å². The number of hydrogen-bond acceptors (Lipinski definition) is 2. The van der Waals surface area contributed by atoms with Crippen molar-refractivity contribution < 1.29 is 5.11 Å². The van der Waals surface area contributed by atoms with E-state index in [-0.39, 0.29) is 0 Å². The molecule has 15 heavy (non-hydrogen) atoms. The molecule has 2 heteroatoms. The van der Waals surface area contributed by atoms with Crippen LogP contribution < -0.4 is 0 Å². The van der Waals surface area contributed by atoms with Gasteiger partial charge in [0.15, 0.2) is 0 Å². The minimum Gasteiger partial charge on any atom is -0.390 e. The molecule has 0 aliphatic rings. The summed E-state index contributed by atoms with van der Waals surface area (Å²) in [6.07, 6.45) is 0.625. The Bertz CT molecular complexity index is 322. The Balaban J connectivity index is 2.51. The molecule has 1 rings (SSSR count). The molecule has 0 fully saturated rings. The molecule has 2 nitrogen and oxygen atoms in total. The van der Waals surface area contributed by atoms with Crippen molar-refractivity contribution in [3.8, 4) is 0 Å². The van der Waals surface area contributed by atoms with Gasteiger partial charge in [-0.05, 0) is 26.3 Å². The van der Waals surface area contributed by atoms with Gasteiger partial charge in [0.2, 0.25) is 0 Å². The topological polar surface area (TPSA) is 32.6 Å². The van der Waals surface area contributed by atoms with Crippen molar-refractivity contribution in [2.75, 3.05) is 0 Å². The van der Waals surface area contributed by atoms with E-state index >= 15 is 0 Å². The zero-order chi connectivity index (χ0) is 11.3. The zero-order valence-corrected chi connectivity index (χ0v) is 9.70. The maximum atomic E-state index is 9.60. The van der Waals surface area contributed by atoms with Crippen LogP contribution in [0.3, 0.4) is 0 Å². The normalized spacial score (nSPS) is 12.9. The van der Waals surface area contributed by atoms with E-state index in [9.17, 15) is 5.11 Å². The third-order valence-electron chi connectivity index (χ3n) is 2.06. The van der Waals surface area contributed by atoms with Gasteiger partial charge in [-0.1, -0.05) is 30.3 Å². The highest BCUT2D eigenvalue weighted by molar-refractivity contribution is 5.82. The Kier molecular flexibility index (Phi) is 4.04. The molecule has 82 valence electrons. The van der Waals surface area contributed by atoms with E-state index in [2.05, 4.69) is 17.1 Å². The maximum absolute atomic E-state index is 9.60. The quantitative estimate of drug-likeness (QED) is 0.753. The molecule has 1 aromatic carbocycles. The molecule has 0 aromatic heterocycles. The van der Waals surface area contributed by atoms with Crippen LogP contribution in [0.25, 0.3) is 0 Å². The second kappa shape index (κ2) is 5.08. The molecule has 0 saturated heterocycles. The van der Waals surface area contributed by atoms with Crippen LogP contribution in [0.5, 0.6) is 0 Å². The van der Waals surface area contributed by atoms with Crippen LogP contribution in [0.4, 0.5) is 0 Å². The van der Waals surface area contributed by atoms with Crippen LogP contribution in [0, 0.1) is 0 Å². The van der Waals surface area contributed by atoms with Crippen molar-refractivity contribution >= 4 is 5.71 Å². The lowest BCUT2D eigenvalue weighted by Gasteiger charge is -2.16. The Hall–Kier alpha value is -1.15. The summed E-state index contributed by atoms with van der Waals surface area (Å²) in [6, 6.07) is 10.1. The smallest absolute Gasteiger partial charge is 0.0643 e. The maximum Gasteiger partial charge on any atom is 0.0643 e. The summed E-state index contributed by atoms with van der Waals surface area (Å²) < 4.78 is 0. The van der Waals surface area contributed by atoms with Gasteiger partial charge in [0.25, 0.3) is 0 Å². The van der Waals surface area contributed by atoms with Crippen molar-refractivity contribution in [2.45, 2.75) is 39.3 Å². The molecule has 0 amide bonds. The molecule has 0 aliphatic heterocycles. The minimum absolute atomic E-state index is 0.625. The Morgan fingerprint density at radius 3 is 2.40 bits per heavy atom. The third kappa shape index (κ3) is 5.33. The lowest BCUT2D eigenvalue weighted by molar-refractivity contribution is 0.0884. The Morgan fingerprint density at radius 1 is 1.27 bits per heavy atom. The standard InChI is InChI=1S/C13H19NO/c1-11(9-13(2,3)15)14-10-12-7-5-4-6-8-12/h4-8,15H,9-10H2,1-3H3. The van der Waals surface area contributed by atoms with E-state index in [1.54, 1.807) is 13.8 Å². The average Bonchev–Trinajstić information content (AvgIpc) is 2.14. The zero-order valence-electron chi connectivity index (χ0n) is 9.70. The minimum atomic E-state index is -0.662. The molecule has 0 spiro atoms. The highest BCUT2D eigenvalue weighted by atomic mass is 16.3. The van der Waals surface area contributed by atoms with Gasteiger partial charge < -0.3 is 5.11 Å². The fourth-order valence-electron chi connectivity index (χ4n) is 1.49. The lowest BCUT2D eigenvalue weighted by atomic mass is 10.0. The first-order valence-electron chi connectivity index (χ1n) is 5.23. The molecule has 0 bridgehead atoms. The van der Waals surface area contributed by atoms with Crippen molar-refractivity contribution in [3.05, 3.63) is 35.9 Å². The largest absolute Gasteiger partial charge is 0.390 e. The molecular weight excluding hydrogens is 186 g/mol. The molecule has 0 radical (unpaired) electrons. The fourth-order valence-corrected chi connectivity index (χ4v) is 1.49. The molecule has 0 atom stereocenters. The summed E-state index contributed by atoms with van der Waals surface area (Å²) in [6.45, 7) is 6.26. The monoisotopic (exact) mass is 205 g/mol. The van der Waals surface area contributed by atoms with Crippen LogP contribution in [-0.4, -0.2) is 16.4 Å². The van der Waals surface area contributed by atoms with E-state index in [1.807, 2.05) is 25.1 Å². The summed E-state index contributed by atoms with van der Waals surface area (Å²) in [7, 11) is 0. The van der Waals surface area contributed by atoms with Crippen LogP contribution >= 0.6 is 0 Å². The number of aliphatic hydroxyl groups is 1. The third-order valence-corrected chi connectivity index (χ3v) is 2.06.